The molecule has 1 atom stereocenters. The molecule has 110 valence electrons. The summed E-state index contributed by atoms with van der Waals surface area (Å²) < 4.78 is 9.53. The summed E-state index contributed by atoms with van der Waals surface area (Å²) in [5.74, 6) is 0.982. The first kappa shape index (κ1) is 15.2. The number of aromatic nitrogens is 2. The monoisotopic (exact) mass is 312 g/mol. The smallest absolute Gasteiger partial charge is 0.149 e. The van der Waals surface area contributed by atoms with Gasteiger partial charge in [-0.15, -0.1) is 11.3 Å². The number of nitrogen functional groups attached to an aromatic ring is 1. The molecule has 1 unspecified atom stereocenters. The largest absolute Gasteiger partial charge is 0.383 e. The zero-order valence-electron chi connectivity index (χ0n) is 12.1. The standard InChI is InChI=1S/C13H20N4OS2/c1-7(2)9(5-18-4)16-13-10(11(14)17-20-13)12-15-8(3)6-19-12/h6-7,9,16H,5H2,1-4H3,(H2,14,17). The predicted octanol–water partition coefficient (Wildman–Crippen LogP) is 3.24. The highest BCUT2D eigenvalue weighted by Gasteiger charge is 2.21. The van der Waals surface area contributed by atoms with Crippen molar-refractivity contribution in [2.75, 3.05) is 24.8 Å². The van der Waals surface area contributed by atoms with E-state index in [2.05, 4.69) is 28.5 Å². The van der Waals surface area contributed by atoms with Crippen LogP contribution < -0.4 is 11.1 Å². The Bertz CT molecular complexity index is 564. The predicted molar refractivity (Wildman–Crippen MR) is 86.5 cm³/mol. The molecule has 0 amide bonds. The van der Waals surface area contributed by atoms with Gasteiger partial charge in [-0.1, -0.05) is 13.8 Å². The van der Waals surface area contributed by atoms with E-state index in [1.807, 2.05) is 12.3 Å². The molecule has 0 aliphatic rings. The molecule has 0 spiro atoms. The number of nitrogens with two attached hydrogens (primary N) is 1. The van der Waals surface area contributed by atoms with E-state index in [0.29, 0.717) is 18.3 Å². The fraction of sp³-hybridized carbons (Fsp3) is 0.538. The molecule has 20 heavy (non-hydrogen) atoms. The molecule has 0 radical (unpaired) electrons. The lowest BCUT2D eigenvalue weighted by atomic mass is 10.1. The van der Waals surface area contributed by atoms with Crippen LogP contribution in [-0.4, -0.2) is 29.1 Å². The Labute approximate surface area is 127 Å². The van der Waals surface area contributed by atoms with Gasteiger partial charge in [0.2, 0.25) is 0 Å². The minimum absolute atomic E-state index is 0.222. The molecule has 7 heteroatoms. The summed E-state index contributed by atoms with van der Waals surface area (Å²) in [6.45, 7) is 6.94. The average molecular weight is 312 g/mol. The zero-order valence-corrected chi connectivity index (χ0v) is 13.8. The van der Waals surface area contributed by atoms with E-state index >= 15 is 0 Å². The van der Waals surface area contributed by atoms with Crippen LogP contribution in [0.1, 0.15) is 19.5 Å². The molecule has 2 aromatic heterocycles. The molecule has 3 N–H and O–H groups in total. The summed E-state index contributed by atoms with van der Waals surface area (Å²) >= 11 is 2.97. The molecule has 0 saturated carbocycles. The minimum Gasteiger partial charge on any atom is -0.383 e. The Balaban J connectivity index is 2.29. The molecule has 0 aliphatic carbocycles. The van der Waals surface area contributed by atoms with E-state index in [-0.39, 0.29) is 6.04 Å². The van der Waals surface area contributed by atoms with Crippen molar-refractivity contribution >= 4 is 33.7 Å². The summed E-state index contributed by atoms with van der Waals surface area (Å²) in [4.78, 5) is 4.51. The third kappa shape index (κ3) is 3.28. The maximum absolute atomic E-state index is 6.00. The maximum atomic E-state index is 6.00. The van der Waals surface area contributed by atoms with Gasteiger partial charge in [0, 0.05) is 18.2 Å². The summed E-state index contributed by atoms with van der Waals surface area (Å²) in [6.07, 6.45) is 0. The Morgan fingerprint density at radius 3 is 2.75 bits per heavy atom. The average Bonchev–Trinajstić information content (AvgIpc) is 2.95. The van der Waals surface area contributed by atoms with Crippen LogP contribution in [0.2, 0.25) is 0 Å². The molecule has 0 aromatic carbocycles. The molecule has 0 bridgehead atoms. The van der Waals surface area contributed by atoms with E-state index in [9.17, 15) is 0 Å². The van der Waals surface area contributed by atoms with E-state index < -0.39 is 0 Å². The SMILES string of the molecule is COCC(Nc1snc(N)c1-c1nc(C)cs1)C(C)C. The topological polar surface area (TPSA) is 73.1 Å². The quantitative estimate of drug-likeness (QED) is 0.856. The Kier molecular flexibility index (Phi) is 4.95. The van der Waals surface area contributed by atoms with E-state index in [0.717, 1.165) is 21.3 Å². The fourth-order valence-corrected chi connectivity index (χ4v) is 3.52. The highest BCUT2D eigenvalue weighted by molar-refractivity contribution is 7.15. The number of ether oxygens (including phenoxy) is 1. The van der Waals surface area contributed by atoms with Crippen LogP contribution in [-0.2, 0) is 4.74 Å². The van der Waals surface area contributed by atoms with Gasteiger partial charge < -0.3 is 15.8 Å². The van der Waals surface area contributed by atoms with Crippen molar-refractivity contribution in [2.45, 2.75) is 26.8 Å². The molecule has 5 nitrogen and oxygen atoms in total. The van der Waals surface area contributed by atoms with Gasteiger partial charge in [0.25, 0.3) is 0 Å². The Morgan fingerprint density at radius 1 is 1.45 bits per heavy atom. The van der Waals surface area contributed by atoms with Crippen LogP contribution in [0.15, 0.2) is 5.38 Å². The van der Waals surface area contributed by atoms with Gasteiger partial charge in [0.1, 0.15) is 15.8 Å². The van der Waals surface area contributed by atoms with E-state index in [4.69, 9.17) is 10.5 Å². The van der Waals surface area contributed by atoms with Crippen LogP contribution in [0.5, 0.6) is 0 Å². The van der Waals surface area contributed by atoms with E-state index in [1.54, 1.807) is 18.4 Å². The zero-order chi connectivity index (χ0) is 14.7. The first-order chi connectivity index (χ1) is 9.52. The van der Waals surface area contributed by atoms with Crippen molar-refractivity contribution in [1.29, 1.82) is 0 Å². The van der Waals surface area contributed by atoms with Gasteiger partial charge in [-0.05, 0) is 24.4 Å². The first-order valence-electron chi connectivity index (χ1n) is 6.46. The van der Waals surface area contributed by atoms with Crippen molar-refractivity contribution in [3.8, 4) is 10.6 Å². The van der Waals surface area contributed by atoms with Crippen molar-refractivity contribution < 1.29 is 4.74 Å². The van der Waals surface area contributed by atoms with Crippen LogP contribution >= 0.6 is 22.9 Å². The van der Waals surface area contributed by atoms with Crippen molar-refractivity contribution in [3.63, 3.8) is 0 Å². The first-order valence-corrected chi connectivity index (χ1v) is 8.11. The lowest BCUT2D eigenvalue weighted by molar-refractivity contribution is 0.171. The van der Waals surface area contributed by atoms with E-state index in [1.165, 1.54) is 11.5 Å². The maximum Gasteiger partial charge on any atom is 0.149 e. The highest BCUT2D eigenvalue weighted by atomic mass is 32.1. The van der Waals surface area contributed by atoms with Crippen LogP contribution in [0.3, 0.4) is 0 Å². The molecule has 0 aliphatic heterocycles. The second-order valence-corrected chi connectivity index (χ2v) is 6.65. The van der Waals surface area contributed by atoms with Crippen LogP contribution in [0.25, 0.3) is 10.6 Å². The second kappa shape index (κ2) is 6.51. The molecule has 2 rings (SSSR count). The van der Waals surface area contributed by atoms with Gasteiger partial charge >= 0.3 is 0 Å². The van der Waals surface area contributed by atoms with Crippen LogP contribution in [0, 0.1) is 12.8 Å². The lowest BCUT2D eigenvalue weighted by Gasteiger charge is -2.22. The summed E-state index contributed by atoms with van der Waals surface area (Å²) in [6, 6.07) is 0.222. The summed E-state index contributed by atoms with van der Waals surface area (Å²) in [7, 11) is 1.71. The number of nitrogens with zero attached hydrogens (tertiary/aromatic N) is 2. The molecular formula is C13H20N4OS2. The molecule has 0 saturated heterocycles. The lowest BCUT2D eigenvalue weighted by Crippen LogP contribution is -2.30. The van der Waals surface area contributed by atoms with Gasteiger partial charge in [-0.2, -0.15) is 4.37 Å². The number of thiazole rings is 1. The number of nitrogens with one attached hydrogen (secondary N) is 1. The minimum atomic E-state index is 0.222. The van der Waals surface area contributed by atoms with Gasteiger partial charge in [-0.3, -0.25) is 0 Å². The van der Waals surface area contributed by atoms with Crippen molar-refractivity contribution in [1.82, 2.24) is 9.36 Å². The summed E-state index contributed by atoms with van der Waals surface area (Å²) in [5, 5.41) is 7.39. The van der Waals surface area contributed by atoms with Gasteiger partial charge in [0.05, 0.1) is 18.2 Å². The third-order valence-electron chi connectivity index (χ3n) is 3.02. The number of anilines is 2. The normalized spacial score (nSPS) is 12.8. The molecule has 2 aromatic rings. The highest BCUT2D eigenvalue weighted by Crippen LogP contribution is 2.39. The van der Waals surface area contributed by atoms with Crippen molar-refractivity contribution in [3.05, 3.63) is 11.1 Å². The number of methoxy groups -OCH3 is 1. The second-order valence-electron chi connectivity index (χ2n) is 5.02. The fourth-order valence-electron chi connectivity index (χ4n) is 1.83. The van der Waals surface area contributed by atoms with Gasteiger partial charge in [0.15, 0.2) is 0 Å². The Morgan fingerprint density at radius 2 is 2.20 bits per heavy atom. The summed E-state index contributed by atoms with van der Waals surface area (Å²) in [5.41, 5.74) is 7.91. The molecule has 0 fully saturated rings. The number of hydrogen-bond acceptors (Lipinski definition) is 7. The number of rotatable bonds is 6. The third-order valence-corrected chi connectivity index (χ3v) is 4.79. The Hall–Kier alpha value is -1.18. The van der Waals surface area contributed by atoms with Gasteiger partial charge in [-0.25, -0.2) is 4.98 Å². The number of aryl methyl sites for hydroxylation is 1. The van der Waals surface area contributed by atoms with Crippen molar-refractivity contribution in [2.24, 2.45) is 5.92 Å². The number of hydrogen-bond donors (Lipinski definition) is 2. The molecule has 2 heterocycles. The van der Waals surface area contributed by atoms with Crippen LogP contribution in [0.4, 0.5) is 10.8 Å². The molecular weight excluding hydrogens is 292 g/mol.